The van der Waals surface area contributed by atoms with Crippen molar-refractivity contribution in [3.63, 3.8) is 0 Å². The maximum Gasteiger partial charge on any atom is 0.238 e. The molecule has 0 radical (unpaired) electrons. The highest BCUT2D eigenvalue weighted by atomic mass is 19.1. The van der Waals surface area contributed by atoms with Gasteiger partial charge in [0.2, 0.25) is 5.91 Å². The number of benzene rings is 1. The molecule has 0 aromatic heterocycles. The summed E-state index contributed by atoms with van der Waals surface area (Å²) in [6.07, 6.45) is 5.59. The summed E-state index contributed by atoms with van der Waals surface area (Å²) in [5.74, 6) is 0.339. The van der Waals surface area contributed by atoms with Crippen LogP contribution in [0.15, 0.2) is 24.3 Å². The third kappa shape index (κ3) is 6.55. The molecule has 150 valence electrons. The fourth-order valence-electron chi connectivity index (χ4n) is 3.97. The summed E-state index contributed by atoms with van der Waals surface area (Å²) < 4.78 is 19.0. The standard InChI is InChI=1S/C21H32FN3O2/c1-17-4-2-3-5-20(17)27-15-14-24-10-12-25(13-11-24)16-21(26)23-19-8-6-18(22)7-9-19/h6-9,17,20H,2-5,10-16H2,1H3,(H,23,26)/t17-,20+/m1/s1. The van der Waals surface area contributed by atoms with Crippen molar-refractivity contribution < 1.29 is 13.9 Å². The number of hydrogen-bond acceptors (Lipinski definition) is 4. The lowest BCUT2D eigenvalue weighted by atomic mass is 9.88. The number of halogens is 1. The van der Waals surface area contributed by atoms with E-state index in [-0.39, 0.29) is 11.7 Å². The topological polar surface area (TPSA) is 44.8 Å². The Morgan fingerprint density at radius 1 is 1.11 bits per heavy atom. The fraction of sp³-hybridized carbons (Fsp3) is 0.667. The third-order valence-corrected chi connectivity index (χ3v) is 5.73. The molecule has 0 unspecified atom stereocenters. The molecule has 3 rings (SSSR count). The highest BCUT2D eigenvalue weighted by Crippen LogP contribution is 2.26. The van der Waals surface area contributed by atoms with Crippen LogP contribution in [0.5, 0.6) is 0 Å². The van der Waals surface area contributed by atoms with E-state index in [2.05, 4.69) is 22.0 Å². The Kier molecular flexibility index (Phi) is 7.61. The van der Waals surface area contributed by atoms with Crippen molar-refractivity contribution in [2.75, 3.05) is 51.2 Å². The van der Waals surface area contributed by atoms with Crippen molar-refractivity contribution in [1.82, 2.24) is 9.80 Å². The van der Waals surface area contributed by atoms with Crippen molar-refractivity contribution >= 4 is 11.6 Å². The first-order valence-electron chi connectivity index (χ1n) is 10.2. The number of carbonyl (C=O) groups excluding carboxylic acids is 1. The van der Waals surface area contributed by atoms with E-state index in [4.69, 9.17) is 4.74 Å². The fourth-order valence-corrected chi connectivity index (χ4v) is 3.97. The zero-order valence-electron chi connectivity index (χ0n) is 16.3. The van der Waals surface area contributed by atoms with E-state index in [9.17, 15) is 9.18 Å². The van der Waals surface area contributed by atoms with Crippen molar-refractivity contribution in [3.05, 3.63) is 30.1 Å². The second-order valence-corrected chi connectivity index (χ2v) is 7.84. The van der Waals surface area contributed by atoms with Gasteiger partial charge in [-0.15, -0.1) is 0 Å². The van der Waals surface area contributed by atoms with Crippen molar-refractivity contribution in [2.24, 2.45) is 5.92 Å². The monoisotopic (exact) mass is 377 g/mol. The highest BCUT2D eigenvalue weighted by molar-refractivity contribution is 5.92. The summed E-state index contributed by atoms with van der Waals surface area (Å²) in [4.78, 5) is 16.7. The number of carbonyl (C=O) groups is 1. The number of hydrogen-bond donors (Lipinski definition) is 1. The van der Waals surface area contributed by atoms with Gasteiger partial charge < -0.3 is 10.1 Å². The van der Waals surface area contributed by atoms with Crippen molar-refractivity contribution in [3.8, 4) is 0 Å². The lowest BCUT2D eigenvalue weighted by Gasteiger charge is -2.35. The zero-order chi connectivity index (χ0) is 19.1. The minimum absolute atomic E-state index is 0.0512. The SMILES string of the molecule is C[C@@H]1CCCC[C@@H]1OCCN1CCN(CC(=O)Nc2ccc(F)cc2)CC1. The molecule has 2 atom stereocenters. The summed E-state index contributed by atoms with van der Waals surface area (Å²) in [6.45, 7) is 8.16. The average Bonchev–Trinajstić information content (AvgIpc) is 2.66. The Labute approximate surface area is 161 Å². The van der Waals surface area contributed by atoms with E-state index >= 15 is 0 Å². The van der Waals surface area contributed by atoms with E-state index in [1.807, 2.05) is 0 Å². The largest absolute Gasteiger partial charge is 0.377 e. The quantitative estimate of drug-likeness (QED) is 0.794. The smallest absolute Gasteiger partial charge is 0.238 e. The molecule has 0 bridgehead atoms. The first kappa shape index (κ1) is 20.2. The zero-order valence-corrected chi connectivity index (χ0v) is 16.3. The van der Waals surface area contributed by atoms with Gasteiger partial charge in [-0.3, -0.25) is 14.6 Å². The van der Waals surface area contributed by atoms with E-state index in [0.29, 0.717) is 24.3 Å². The number of piperazine rings is 1. The number of anilines is 1. The van der Waals surface area contributed by atoms with Gasteiger partial charge in [0.15, 0.2) is 0 Å². The first-order chi connectivity index (χ1) is 13.1. The van der Waals surface area contributed by atoms with Gasteiger partial charge >= 0.3 is 0 Å². The molecule has 1 saturated carbocycles. The molecule has 27 heavy (non-hydrogen) atoms. The molecule has 1 aromatic rings. The summed E-state index contributed by atoms with van der Waals surface area (Å²) >= 11 is 0. The predicted octanol–water partition coefficient (Wildman–Crippen LogP) is 2.98. The van der Waals surface area contributed by atoms with Crippen LogP contribution in [0.1, 0.15) is 32.6 Å². The molecule has 6 heteroatoms. The summed E-state index contributed by atoms with van der Waals surface area (Å²) in [5.41, 5.74) is 0.633. The molecule has 1 heterocycles. The molecule has 1 aliphatic heterocycles. The maximum absolute atomic E-state index is 12.9. The molecular weight excluding hydrogens is 345 g/mol. The molecule has 1 N–H and O–H groups in total. The number of ether oxygens (including phenoxy) is 1. The van der Waals surface area contributed by atoms with Gasteiger partial charge in [0, 0.05) is 38.4 Å². The predicted molar refractivity (Wildman–Crippen MR) is 105 cm³/mol. The van der Waals surface area contributed by atoms with Gasteiger partial charge in [-0.2, -0.15) is 0 Å². The van der Waals surface area contributed by atoms with Gasteiger partial charge in [0.1, 0.15) is 5.82 Å². The number of amides is 1. The van der Waals surface area contributed by atoms with Crippen LogP contribution >= 0.6 is 0 Å². The van der Waals surface area contributed by atoms with E-state index in [0.717, 1.165) is 39.3 Å². The second-order valence-electron chi connectivity index (χ2n) is 7.84. The number of rotatable bonds is 7. The Hall–Kier alpha value is -1.50. The number of nitrogens with zero attached hydrogens (tertiary/aromatic N) is 2. The summed E-state index contributed by atoms with van der Waals surface area (Å²) in [7, 11) is 0. The lowest BCUT2D eigenvalue weighted by molar-refractivity contribution is -0.117. The van der Waals surface area contributed by atoms with Crippen LogP contribution in [0.3, 0.4) is 0 Å². The van der Waals surface area contributed by atoms with Crippen LogP contribution in [0.4, 0.5) is 10.1 Å². The van der Waals surface area contributed by atoms with Gasteiger partial charge in [-0.05, 0) is 43.0 Å². The third-order valence-electron chi connectivity index (χ3n) is 5.73. The molecule has 5 nitrogen and oxygen atoms in total. The van der Waals surface area contributed by atoms with E-state index in [1.165, 1.54) is 37.8 Å². The highest BCUT2D eigenvalue weighted by Gasteiger charge is 2.23. The van der Waals surface area contributed by atoms with Crippen LogP contribution in [0, 0.1) is 11.7 Å². The van der Waals surface area contributed by atoms with Crippen LogP contribution < -0.4 is 5.32 Å². The summed E-state index contributed by atoms with van der Waals surface area (Å²) in [5, 5.41) is 2.82. The average molecular weight is 378 g/mol. The Balaban J connectivity index is 1.30. The molecular formula is C21H32FN3O2. The van der Waals surface area contributed by atoms with E-state index in [1.54, 1.807) is 12.1 Å². The molecule has 2 fully saturated rings. The van der Waals surface area contributed by atoms with E-state index < -0.39 is 0 Å². The molecule has 1 aliphatic carbocycles. The van der Waals surface area contributed by atoms with Gasteiger partial charge in [-0.25, -0.2) is 4.39 Å². The lowest BCUT2D eigenvalue weighted by Crippen LogP contribution is -2.49. The molecule has 2 aliphatic rings. The summed E-state index contributed by atoms with van der Waals surface area (Å²) in [6, 6.07) is 5.87. The molecule has 0 spiro atoms. The second kappa shape index (κ2) is 10.2. The Morgan fingerprint density at radius 3 is 2.48 bits per heavy atom. The van der Waals surface area contributed by atoms with Crippen LogP contribution in [-0.4, -0.2) is 67.7 Å². The normalized spacial score (nSPS) is 24.7. The van der Waals surface area contributed by atoms with Crippen molar-refractivity contribution in [1.29, 1.82) is 0 Å². The van der Waals surface area contributed by atoms with Gasteiger partial charge in [0.05, 0.1) is 19.3 Å². The minimum Gasteiger partial charge on any atom is -0.377 e. The van der Waals surface area contributed by atoms with Crippen LogP contribution in [0.2, 0.25) is 0 Å². The molecule has 1 saturated heterocycles. The minimum atomic E-state index is -0.300. The molecule has 1 amide bonds. The Morgan fingerprint density at radius 2 is 1.78 bits per heavy atom. The maximum atomic E-state index is 12.9. The van der Waals surface area contributed by atoms with Gasteiger partial charge in [-0.1, -0.05) is 19.8 Å². The van der Waals surface area contributed by atoms with Crippen molar-refractivity contribution in [2.45, 2.75) is 38.7 Å². The van der Waals surface area contributed by atoms with Crippen LogP contribution in [-0.2, 0) is 9.53 Å². The molecule has 1 aromatic carbocycles. The Bertz CT molecular complexity index is 588. The van der Waals surface area contributed by atoms with Crippen LogP contribution in [0.25, 0.3) is 0 Å². The first-order valence-corrected chi connectivity index (χ1v) is 10.2. The number of nitrogens with one attached hydrogen (secondary N) is 1. The van der Waals surface area contributed by atoms with Gasteiger partial charge in [0.25, 0.3) is 0 Å².